The first-order valence-corrected chi connectivity index (χ1v) is 8.21. The summed E-state index contributed by atoms with van der Waals surface area (Å²) in [5, 5.41) is 0.858. The maximum Gasteiger partial charge on any atom is 0.149 e. The predicted molar refractivity (Wildman–Crippen MR) is 85.8 cm³/mol. The van der Waals surface area contributed by atoms with Gasteiger partial charge in [0.25, 0.3) is 0 Å². The van der Waals surface area contributed by atoms with Crippen LogP contribution in [0.25, 0.3) is 11.3 Å². The van der Waals surface area contributed by atoms with Crippen LogP contribution in [0.2, 0.25) is 0 Å². The van der Waals surface area contributed by atoms with Gasteiger partial charge in [0.1, 0.15) is 17.3 Å². The van der Waals surface area contributed by atoms with Crippen LogP contribution in [0, 0.1) is 5.82 Å². The number of halogens is 2. The number of hydrogen-bond donors (Lipinski definition) is 0. The Balaban J connectivity index is 2.16. The standard InChI is InChI=1S/C17H17BrFNO/c1-10(8-18)15-7-14-11(2)9-21-17(14)16(20-15)12-3-5-13(19)6-4-12/h3-7,10-11H,8-9H2,1-2H3. The Hall–Kier alpha value is -1.42. The minimum Gasteiger partial charge on any atom is -0.490 e. The highest BCUT2D eigenvalue weighted by Gasteiger charge is 2.26. The van der Waals surface area contributed by atoms with Gasteiger partial charge in [-0.15, -0.1) is 0 Å². The van der Waals surface area contributed by atoms with E-state index in [-0.39, 0.29) is 5.82 Å². The molecule has 1 aliphatic rings. The van der Waals surface area contributed by atoms with Crippen molar-refractivity contribution in [3.8, 4) is 17.0 Å². The van der Waals surface area contributed by atoms with E-state index in [9.17, 15) is 4.39 Å². The van der Waals surface area contributed by atoms with Gasteiger partial charge in [-0.2, -0.15) is 0 Å². The third-order valence-corrected chi connectivity index (χ3v) is 4.86. The number of rotatable bonds is 3. The minimum absolute atomic E-state index is 0.241. The lowest BCUT2D eigenvalue weighted by Crippen LogP contribution is -2.02. The lowest BCUT2D eigenvalue weighted by atomic mass is 9.97. The maximum absolute atomic E-state index is 13.1. The fraction of sp³-hybridized carbons (Fsp3) is 0.353. The number of ether oxygens (including phenoxy) is 1. The molecule has 1 aromatic heterocycles. The van der Waals surface area contributed by atoms with Gasteiger partial charge >= 0.3 is 0 Å². The summed E-state index contributed by atoms with van der Waals surface area (Å²) in [7, 11) is 0. The van der Waals surface area contributed by atoms with Crippen LogP contribution in [-0.4, -0.2) is 16.9 Å². The van der Waals surface area contributed by atoms with Gasteiger partial charge in [-0.3, -0.25) is 0 Å². The number of hydrogen-bond acceptors (Lipinski definition) is 2. The van der Waals surface area contributed by atoms with E-state index < -0.39 is 0 Å². The molecule has 110 valence electrons. The van der Waals surface area contributed by atoms with Crippen molar-refractivity contribution >= 4 is 15.9 Å². The molecule has 0 amide bonds. The molecule has 0 aliphatic carbocycles. The SMILES string of the molecule is CC(CBr)c1cc2c(c(-c3ccc(F)cc3)n1)OCC2C. The van der Waals surface area contributed by atoms with E-state index in [1.807, 2.05) is 0 Å². The van der Waals surface area contributed by atoms with Crippen molar-refractivity contribution in [1.29, 1.82) is 0 Å². The van der Waals surface area contributed by atoms with Crippen molar-refractivity contribution < 1.29 is 9.13 Å². The monoisotopic (exact) mass is 349 g/mol. The zero-order chi connectivity index (χ0) is 15.0. The number of pyridine rings is 1. The molecule has 21 heavy (non-hydrogen) atoms. The van der Waals surface area contributed by atoms with Crippen LogP contribution in [-0.2, 0) is 0 Å². The third kappa shape index (κ3) is 2.69. The molecule has 2 atom stereocenters. The summed E-state index contributed by atoms with van der Waals surface area (Å²) in [5.41, 5.74) is 3.96. The van der Waals surface area contributed by atoms with Crippen LogP contribution in [0.15, 0.2) is 30.3 Å². The Morgan fingerprint density at radius 2 is 2.10 bits per heavy atom. The van der Waals surface area contributed by atoms with E-state index in [2.05, 4.69) is 35.8 Å². The highest BCUT2D eigenvalue weighted by Crippen LogP contribution is 2.42. The van der Waals surface area contributed by atoms with E-state index in [0.717, 1.165) is 28.0 Å². The molecule has 0 fully saturated rings. The molecule has 2 heterocycles. The van der Waals surface area contributed by atoms with Crippen molar-refractivity contribution in [2.45, 2.75) is 25.7 Å². The van der Waals surface area contributed by atoms with Crippen molar-refractivity contribution in [2.75, 3.05) is 11.9 Å². The quantitative estimate of drug-likeness (QED) is 0.736. The molecule has 0 saturated heterocycles. The first-order chi connectivity index (χ1) is 10.1. The molecule has 0 radical (unpaired) electrons. The van der Waals surface area contributed by atoms with Gasteiger partial charge in [-0.1, -0.05) is 29.8 Å². The summed E-state index contributed by atoms with van der Waals surface area (Å²) in [6.07, 6.45) is 0. The van der Waals surface area contributed by atoms with E-state index in [4.69, 9.17) is 9.72 Å². The van der Waals surface area contributed by atoms with Gasteiger partial charge in [0.2, 0.25) is 0 Å². The number of benzene rings is 1. The lowest BCUT2D eigenvalue weighted by Gasteiger charge is -2.14. The van der Waals surface area contributed by atoms with Crippen LogP contribution >= 0.6 is 15.9 Å². The van der Waals surface area contributed by atoms with Gasteiger partial charge in [-0.05, 0) is 30.3 Å². The zero-order valence-corrected chi connectivity index (χ0v) is 13.7. The Morgan fingerprint density at radius 1 is 1.38 bits per heavy atom. The van der Waals surface area contributed by atoms with Crippen molar-refractivity contribution in [3.05, 3.63) is 47.4 Å². The van der Waals surface area contributed by atoms with Crippen molar-refractivity contribution in [3.63, 3.8) is 0 Å². The molecular weight excluding hydrogens is 333 g/mol. The van der Waals surface area contributed by atoms with E-state index in [0.29, 0.717) is 18.4 Å². The predicted octanol–water partition coefficient (Wildman–Crippen LogP) is 4.88. The molecular formula is C17H17BrFNO. The fourth-order valence-electron chi connectivity index (χ4n) is 2.52. The van der Waals surface area contributed by atoms with Crippen LogP contribution in [0.5, 0.6) is 5.75 Å². The average Bonchev–Trinajstić information content (AvgIpc) is 2.88. The van der Waals surface area contributed by atoms with Gasteiger partial charge in [0.15, 0.2) is 0 Å². The maximum atomic E-state index is 13.1. The van der Waals surface area contributed by atoms with Crippen LogP contribution in [0.4, 0.5) is 4.39 Å². The highest BCUT2D eigenvalue weighted by atomic mass is 79.9. The zero-order valence-electron chi connectivity index (χ0n) is 12.1. The van der Waals surface area contributed by atoms with Crippen molar-refractivity contribution in [2.24, 2.45) is 0 Å². The van der Waals surface area contributed by atoms with E-state index in [1.165, 1.54) is 17.7 Å². The van der Waals surface area contributed by atoms with Gasteiger partial charge in [-0.25, -0.2) is 9.37 Å². The Kier molecular flexibility index (Phi) is 3.98. The molecule has 4 heteroatoms. The molecule has 0 saturated carbocycles. The smallest absolute Gasteiger partial charge is 0.149 e. The molecule has 0 spiro atoms. The number of alkyl halides is 1. The second-order valence-electron chi connectivity index (χ2n) is 5.59. The summed E-state index contributed by atoms with van der Waals surface area (Å²) >= 11 is 3.52. The molecule has 1 aliphatic heterocycles. The van der Waals surface area contributed by atoms with Gasteiger partial charge < -0.3 is 4.74 Å². The van der Waals surface area contributed by atoms with Crippen LogP contribution < -0.4 is 4.74 Å². The third-order valence-electron chi connectivity index (χ3n) is 3.88. The summed E-state index contributed by atoms with van der Waals surface area (Å²) in [4.78, 5) is 4.77. The number of nitrogens with zero attached hydrogens (tertiary/aromatic N) is 1. The Morgan fingerprint density at radius 3 is 2.76 bits per heavy atom. The highest BCUT2D eigenvalue weighted by molar-refractivity contribution is 9.09. The molecule has 1 aromatic carbocycles. The summed E-state index contributed by atoms with van der Waals surface area (Å²) in [5.74, 6) is 1.29. The van der Waals surface area contributed by atoms with Gasteiger partial charge in [0.05, 0.1) is 6.61 Å². The summed E-state index contributed by atoms with van der Waals surface area (Å²) in [6, 6.07) is 8.58. The number of fused-ring (bicyclic) bond motifs is 1. The Labute approximate surface area is 132 Å². The molecule has 0 N–H and O–H groups in total. The first-order valence-electron chi connectivity index (χ1n) is 7.09. The van der Waals surface area contributed by atoms with Crippen LogP contribution in [0.3, 0.4) is 0 Å². The topological polar surface area (TPSA) is 22.1 Å². The normalized spacial score (nSPS) is 18.2. The largest absolute Gasteiger partial charge is 0.490 e. The number of aromatic nitrogens is 1. The van der Waals surface area contributed by atoms with Crippen LogP contribution in [0.1, 0.15) is 36.9 Å². The minimum atomic E-state index is -0.241. The molecule has 2 unspecified atom stereocenters. The van der Waals surface area contributed by atoms with E-state index >= 15 is 0 Å². The molecule has 2 nitrogen and oxygen atoms in total. The van der Waals surface area contributed by atoms with Gasteiger partial charge in [0, 0.05) is 34.0 Å². The second kappa shape index (κ2) is 5.76. The molecule has 2 aromatic rings. The summed E-state index contributed by atoms with van der Waals surface area (Å²) in [6.45, 7) is 4.97. The fourth-order valence-corrected chi connectivity index (χ4v) is 2.86. The first kappa shape index (κ1) is 14.5. The van der Waals surface area contributed by atoms with E-state index in [1.54, 1.807) is 12.1 Å². The summed E-state index contributed by atoms with van der Waals surface area (Å²) < 4.78 is 19.0. The molecule has 3 rings (SSSR count). The molecule has 0 bridgehead atoms. The van der Waals surface area contributed by atoms with Crippen molar-refractivity contribution in [1.82, 2.24) is 4.98 Å². The lowest BCUT2D eigenvalue weighted by molar-refractivity contribution is 0.337. The Bertz CT molecular complexity index is 657. The average molecular weight is 350 g/mol. The second-order valence-corrected chi connectivity index (χ2v) is 6.24.